The van der Waals surface area contributed by atoms with Crippen LogP contribution in [0.3, 0.4) is 0 Å². The van der Waals surface area contributed by atoms with Gasteiger partial charge in [0.25, 0.3) is 0 Å². The molecule has 0 aromatic rings. The van der Waals surface area contributed by atoms with Crippen molar-refractivity contribution in [2.45, 2.75) is 104 Å². The van der Waals surface area contributed by atoms with Crippen LogP contribution in [0.25, 0.3) is 0 Å². The second-order valence-corrected chi connectivity index (χ2v) is 8.29. The molecule has 5 nitrogen and oxygen atoms in total. The van der Waals surface area contributed by atoms with Gasteiger partial charge < -0.3 is 14.2 Å². The first-order valence-electron chi connectivity index (χ1n) is 8.89. The first kappa shape index (κ1) is 21.2. The molecule has 1 unspecified atom stereocenters. The third kappa shape index (κ3) is 5.35. The molecular formula is C19H37NO4. The molecule has 142 valence electrons. The Morgan fingerprint density at radius 3 is 2.42 bits per heavy atom. The lowest BCUT2D eigenvalue weighted by Gasteiger charge is -2.35. The van der Waals surface area contributed by atoms with Crippen molar-refractivity contribution in [2.24, 2.45) is 0 Å². The molecule has 2 aliphatic rings. The van der Waals surface area contributed by atoms with E-state index in [9.17, 15) is 4.79 Å². The fourth-order valence-corrected chi connectivity index (χ4v) is 3.12. The summed E-state index contributed by atoms with van der Waals surface area (Å²) in [7, 11) is 0. The Morgan fingerprint density at radius 1 is 1.29 bits per heavy atom. The van der Waals surface area contributed by atoms with Crippen LogP contribution in [0, 0.1) is 0 Å². The van der Waals surface area contributed by atoms with Crippen LogP contribution in [-0.4, -0.2) is 47.2 Å². The number of nitrogens with zero attached hydrogens (tertiary/aromatic N) is 1. The summed E-state index contributed by atoms with van der Waals surface area (Å²) in [6.07, 6.45) is 4.99. The molecule has 1 atom stereocenters. The summed E-state index contributed by atoms with van der Waals surface area (Å²) in [5, 5.41) is 0. The van der Waals surface area contributed by atoms with Crippen LogP contribution in [0.15, 0.2) is 0 Å². The van der Waals surface area contributed by atoms with E-state index in [0.717, 1.165) is 25.9 Å². The minimum atomic E-state index is -0.616. The lowest BCUT2D eigenvalue weighted by molar-refractivity contribution is -0.0631. The van der Waals surface area contributed by atoms with E-state index in [1.807, 2.05) is 34.6 Å². The average Bonchev–Trinajstić information content (AvgIpc) is 3.12. The molecule has 2 rings (SSSR count). The molecule has 1 saturated heterocycles. The van der Waals surface area contributed by atoms with E-state index in [2.05, 4.69) is 6.92 Å². The van der Waals surface area contributed by atoms with E-state index < -0.39 is 11.3 Å². The normalized spacial score (nSPS) is 24.4. The molecule has 1 aliphatic heterocycles. The molecule has 1 amide bonds. The van der Waals surface area contributed by atoms with Crippen molar-refractivity contribution in [1.82, 2.24) is 4.90 Å². The average molecular weight is 344 g/mol. The van der Waals surface area contributed by atoms with Crippen LogP contribution in [0.2, 0.25) is 0 Å². The summed E-state index contributed by atoms with van der Waals surface area (Å²) >= 11 is 0. The molecule has 1 saturated carbocycles. The highest BCUT2D eigenvalue weighted by Crippen LogP contribution is 2.42. The zero-order chi connectivity index (χ0) is 17.3. The third-order valence-electron chi connectivity index (χ3n) is 4.71. The maximum atomic E-state index is 12.5. The van der Waals surface area contributed by atoms with E-state index in [1.54, 1.807) is 4.90 Å². The van der Waals surface area contributed by atoms with Crippen LogP contribution >= 0.6 is 0 Å². The van der Waals surface area contributed by atoms with Crippen molar-refractivity contribution in [3.8, 4) is 0 Å². The number of rotatable bonds is 6. The second-order valence-electron chi connectivity index (χ2n) is 8.29. The summed E-state index contributed by atoms with van der Waals surface area (Å²) in [6.45, 7) is 13.0. The molecule has 0 aromatic heterocycles. The van der Waals surface area contributed by atoms with Gasteiger partial charge in [-0.15, -0.1) is 0 Å². The van der Waals surface area contributed by atoms with Gasteiger partial charge in [0, 0.05) is 6.61 Å². The predicted octanol–water partition coefficient (Wildman–Crippen LogP) is 4.73. The van der Waals surface area contributed by atoms with Crippen molar-refractivity contribution >= 4 is 6.09 Å². The van der Waals surface area contributed by atoms with Gasteiger partial charge in [-0.1, -0.05) is 14.4 Å². The van der Waals surface area contributed by atoms with E-state index in [1.165, 1.54) is 12.8 Å². The van der Waals surface area contributed by atoms with Crippen LogP contribution in [0.5, 0.6) is 0 Å². The maximum Gasteiger partial charge on any atom is 0.412 e. The highest BCUT2D eigenvalue weighted by molar-refractivity contribution is 5.69. The van der Waals surface area contributed by atoms with Gasteiger partial charge >= 0.3 is 6.09 Å². The van der Waals surface area contributed by atoms with Crippen LogP contribution in [0.4, 0.5) is 4.79 Å². The van der Waals surface area contributed by atoms with Crippen molar-refractivity contribution < 1.29 is 19.0 Å². The standard InChI is InChI=1S/C18H33NO4.CH4/c1-7-18(10-11-18)21-12-8-9-14-13-22-17(5,6)19(14)15(20)23-16(2,3)4;/h14H,7-13H2,1-6H3;1H4. The van der Waals surface area contributed by atoms with Gasteiger partial charge in [0.2, 0.25) is 0 Å². The Morgan fingerprint density at radius 2 is 1.92 bits per heavy atom. The van der Waals surface area contributed by atoms with Crippen molar-refractivity contribution in [1.29, 1.82) is 0 Å². The van der Waals surface area contributed by atoms with Crippen LogP contribution in [0.1, 0.15) is 81.1 Å². The molecule has 0 radical (unpaired) electrons. The van der Waals surface area contributed by atoms with Gasteiger partial charge in [0.15, 0.2) is 0 Å². The predicted molar refractivity (Wildman–Crippen MR) is 96.1 cm³/mol. The number of hydrogen-bond donors (Lipinski definition) is 0. The van der Waals surface area contributed by atoms with E-state index in [4.69, 9.17) is 14.2 Å². The van der Waals surface area contributed by atoms with Gasteiger partial charge in [0.1, 0.15) is 11.3 Å². The van der Waals surface area contributed by atoms with Crippen molar-refractivity contribution in [3.05, 3.63) is 0 Å². The van der Waals surface area contributed by atoms with Gasteiger partial charge in [-0.3, -0.25) is 4.90 Å². The summed E-state index contributed by atoms with van der Waals surface area (Å²) < 4.78 is 17.4. The molecule has 0 aromatic carbocycles. The van der Waals surface area contributed by atoms with E-state index in [-0.39, 0.29) is 25.2 Å². The van der Waals surface area contributed by atoms with Crippen LogP contribution < -0.4 is 0 Å². The Kier molecular flexibility index (Phi) is 6.73. The molecule has 0 bridgehead atoms. The van der Waals surface area contributed by atoms with Gasteiger partial charge in [-0.25, -0.2) is 4.79 Å². The molecule has 2 fully saturated rings. The topological polar surface area (TPSA) is 48.0 Å². The fourth-order valence-electron chi connectivity index (χ4n) is 3.12. The van der Waals surface area contributed by atoms with Gasteiger partial charge in [0.05, 0.1) is 18.2 Å². The zero-order valence-corrected chi connectivity index (χ0v) is 15.6. The Balaban J connectivity index is 0.00000288. The first-order chi connectivity index (χ1) is 10.6. The lowest BCUT2D eigenvalue weighted by Crippen LogP contribution is -2.49. The second kappa shape index (κ2) is 7.61. The largest absolute Gasteiger partial charge is 0.444 e. The quantitative estimate of drug-likeness (QED) is 0.654. The number of carbonyl (C=O) groups excluding carboxylic acids is 1. The Labute approximate surface area is 148 Å². The molecule has 24 heavy (non-hydrogen) atoms. The van der Waals surface area contributed by atoms with E-state index >= 15 is 0 Å². The zero-order valence-electron chi connectivity index (χ0n) is 15.6. The Hall–Kier alpha value is -0.810. The summed E-state index contributed by atoms with van der Waals surface area (Å²) in [6, 6.07) is 0.0558. The number of carbonyl (C=O) groups is 1. The monoisotopic (exact) mass is 343 g/mol. The first-order valence-corrected chi connectivity index (χ1v) is 8.89. The maximum absolute atomic E-state index is 12.5. The highest BCUT2D eigenvalue weighted by Gasteiger charge is 2.45. The summed E-state index contributed by atoms with van der Waals surface area (Å²) in [4.78, 5) is 14.3. The molecule has 1 aliphatic carbocycles. The number of hydrogen-bond acceptors (Lipinski definition) is 4. The third-order valence-corrected chi connectivity index (χ3v) is 4.71. The minimum Gasteiger partial charge on any atom is -0.444 e. The molecular weight excluding hydrogens is 306 g/mol. The van der Waals surface area contributed by atoms with Crippen molar-refractivity contribution in [2.75, 3.05) is 13.2 Å². The molecule has 0 spiro atoms. The number of ether oxygens (including phenoxy) is 3. The summed E-state index contributed by atoms with van der Waals surface area (Å²) in [5.41, 5.74) is -0.950. The molecule has 0 N–H and O–H groups in total. The van der Waals surface area contributed by atoms with Gasteiger partial charge in [-0.2, -0.15) is 0 Å². The SMILES string of the molecule is C.CCC1(OCCCC2COC(C)(C)N2C(=O)OC(C)(C)C)CC1. The van der Waals surface area contributed by atoms with Crippen molar-refractivity contribution in [3.63, 3.8) is 0 Å². The lowest BCUT2D eigenvalue weighted by atomic mass is 10.1. The van der Waals surface area contributed by atoms with Crippen LogP contribution in [-0.2, 0) is 14.2 Å². The van der Waals surface area contributed by atoms with Gasteiger partial charge in [-0.05, 0) is 66.7 Å². The molecule has 1 heterocycles. The smallest absolute Gasteiger partial charge is 0.412 e. The number of amides is 1. The minimum absolute atomic E-state index is 0. The van der Waals surface area contributed by atoms with E-state index in [0.29, 0.717) is 6.61 Å². The Bertz CT molecular complexity index is 424. The molecule has 5 heteroatoms. The highest BCUT2D eigenvalue weighted by atomic mass is 16.6. The summed E-state index contributed by atoms with van der Waals surface area (Å²) in [5.74, 6) is 0. The fraction of sp³-hybridized carbons (Fsp3) is 0.947.